The van der Waals surface area contributed by atoms with E-state index in [1.807, 2.05) is 20.8 Å². The van der Waals surface area contributed by atoms with Crippen molar-refractivity contribution in [3.05, 3.63) is 23.7 Å². The molecule has 0 bridgehead atoms. The van der Waals surface area contributed by atoms with Crippen LogP contribution in [0.25, 0.3) is 0 Å². The highest BCUT2D eigenvalue weighted by Gasteiger charge is 2.23. The fourth-order valence-corrected chi connectivity index (χ4v) is 1.25. The third kappa shape index (κ3) is 2.59. The zero-order valence-electron chi connectivity index (χ0n) is 9.10. The topological polar surface area (TPSA) is 70.7 Å². The summed E-state index contributed by atoms with van der Waals surface area (Å²) in [6.45, 7) is 5.89. The largest absolute Gasteiger partial charge is 0.475 e. The molecule has 0 fully saturated rings. The van der Waals surface area contributed by atoms with E-state index in [4.69, 9.17) is 9.52 Å². The zero-order valence-corrected chi connectivity index (χ0v) is 9.10. The number of aromatic carboxylic acids is 1. The minimum atomic E-state index is -1.12. The standard InChI is InChI=1S/C11H16O4/c1-6(2)7(3)10(12)8-4-5-9(15-8)11(13)14/h4-7,10,12H,1-3H3,(H,13,14). The van der Waals surface area contributed by atoms with Crippen LogP contribution in [-0.2, 0) is 0 Å². The zero-order chi connectivity index (χ0) is 11.6. The van der Waals surface area contributed by atoms with Gasteiger partial charge in [-0.3, -0.25) is 0 Å². The van der Waals surface area contributed by atoms with Gasteiger partial charge in [0.25, 0.3) is 0 Å². The van der Waals surface area contributed by atoms with Gasteiger partial charge in [-0.25, -0.2) is 4.79 Å². The fraction of sp³-hybridized carbons (Fsp3) is 0.545. The summed E-state index contributed by atoms with van der Waals surface area (Å²) in [5, 5.41) is 18.5. The summed E-state index contributed by atoms with van der Waals surface area (Å²) in [5.41, 5.74) is 0. The van der Waals surface area contributed by atoms with Crippen molar-refractivity contribution in [2.75, 3.05) is 0 Å². The minimum absolute atomic E-state index is 0.0257. The first-order valence-electron chi connectivity index (χ1n) is 4.94. The summed E-state index contributed by atoms with van der Waals surface area (Å²) in [7, 11) is 0. The van der Waals surface area contributed by atoms with E-state index in [2.05, 4.69) is 0 Å². The lowest BCUT2D eigenvalue weighted by molar-refractivity contribution is 0.0592. The van der Waals surface area contributed by atoms with Crippen LogP contribution in [0.5, 0.6) is 0 Å². The Morgan fingerprint density at radius 3 is 2.33 bits per heavy atom. The second-order valence-corrected chi connectivity index (χ2v) is 4.06. The van der Waals surface area contributed by atoms with Crippen LogP contribution in [0.1, 0.15) is 43.2 Å². The normalized spacial score (nSPS) is 15.3. The number of furan rings is 1. The molecule has 2 atom stereocenters. The van der Waals surface area contributed by atoms with Crippen molar-refractivity contribution >= 4 is 5.97 Å². The number of carbonyl (C=O) groups is 1. The fourth-order valence-electron chi connectivity index (χ4n) is 1.25. The van der Waals surface area contributed by atoms with Gasteiger partial charge in [0.05, 0.1) is 0 Å². The second kappa shape index (κ2) is 4.49. The van der Waals surface area contributed by atoms with E-state index < -0.39 is 12.1 Å². The second-order valence-electron chi connectivity index (χ2n) is 4.06. The number of carboxylic acid groups (broad SMARTS) is 1. The summed E-state index contributed by atoms with van der Waals surface area (Å²) >= 11 is 0. The Kier molecular flexibility index (Phi) is 3.52. The molecule has 0 aliphatic heterocycles. The third-order valence-electron chi connectivity index (χ3n) is 2.68. The minimum Gasteiger partial charge on any atom is -0.475 e. The highest BCUT2D eigenvalue weighted by Crippen LogP contribution is 2.28. The monoisotopic (exact) mass is 212 g/mol. The lowest BCUT2D eigenvalue weighted by Crippen LogP contribution is -2.14. The average Bonchev–Trinajstić information content (AvgIpc) is 2.64. The van der Waals surface area contributed by atoms with E-state index in [0.717, 1.165) is 0 Å². The molecule has 4 heteroatoms. The van der Waals surface area contributed by atoms with E-state index in [1.54, 1.807) is 0 Å². The van der Waals surface area contributed by atoms with Gasteiger partial charge in [0.2, 0.25) is 5.76 Å². The molecule has 0 saturated carbocycles. The Labute approximate surface area is 88.5 Å². The Morgan fingerprint density at radius 1 is 1.33 bits per heavy atom. The summed E-state index contributed by atoms with van der Waals surface area (Å²) in [6, 6.07) is 2.86. The first-order valence-corrected chi connectivity index (χ1v) is 4.94. The molecule has 2 unspecified atom stereocenters. The van der Waals surface area contributed by atoms with Crippen molar-refractivity contribution in [1.29, 1.82) is 0 Å². The van der Waals surface area contributed by atoms with E-state index in [-0.39, 0.29) is 11.7 Å². The summed E-state index contributed by atoms with van der Waals surface area (Å²) < 4.78 is 5.03. The molecular weight excluding hydrogens is 196 g/mol. The van der Waals surface area contributed by atoms with Crippen LogP contribution in [0.4, 0.5) is 0 Å². The van der Waals surface area contributed by atoms with Crippen molar-refractivity contribution in [3.63, 3.8) is 0 Å². The van der Waals surface area contributed by atoms with Crippen molar-refractivity contribution in [1.82, 2.24) is 0 Å². The van der Waals surface area contributed by atoms with E-state index in [9.17, 15) is 9.90 Å². The van der Waals surface area contributed by atoms with Crippen LogP contribution in [0.3, 0.4) is 0 Å². The number of hydrogen-bond acceptors (Lipinski definition) is 3. The highest BCUT2D eigenvalue weighted by atomic mass is 16.4. The van der Waals surface area contributed by atoms with Gasteiger partial charge >= 0.3 is 5.97 Å². The number of hydrogen-bond donors (Lipinski definition) is 2. The molecule has 0 spiro atoms. The predicted molar refractivity (Wildman–Crippen MR) is 54.6 cm³/mol. The van der Waals surface area contributed by atoms with Gasteiger partial charge in [-0.2, -0.15) is 0 Å². The van der Waals surface area contributed by atoms with Crippen LogP contribution in [0.2, 0.25) is 0 Å². The molecule has 15 heavy (non-hydrogen) atoms. The smallest absolute Gasteiger partial charge is 0.371 e. The molecule has 0 radical (unpaired) electrons. The van der Waals surface area contributed by atoms with Gasteiger partial charge in [0.15, 0.2) is 0 Å². The average molecular weight is 212 g/mol. The van der Waals surface area contributed by atoms with Crippen LogP contribution >= 0.6 is 0 Å². The quantitative estimate of drug-likeness (QED) is 0.803. The van der Waals surface area contributed by atoms with Crippen molar-refractivity contribution < 1.29 is 19.4 Å². The Balaban J connectivity index is 2.82. The van der Waals surface area contributed by atoms with Gasteiger partial charge in [0, 0.05) is 0 Å². The third-order valence-corrected chi connectivity index (χ3v) is 2.68. The van der Waals surface area contributed by atoms with E-state index in [1.165, 1.54) is 12.1 Å². The van der Waals surface area contributed by atoms with Gasteiger partial charge in [-0.15, -0.1) is 0 Å². The predicted octanol–water partition coefficient (Wildman–Crippen LogP) is 2.30. The maximum Gasteiger partial charge on any atom is 0.371 e. The molecule has 0 amide bonds. The van der Waals surface area contributed by atoms with Crippen molar-refractivity contribution in [2.24, 2.45) is 11.8 Å². The van der Waals surface area contributed by atoms with Crippen LogP contribution in [0, 0.1) is 11.8 Å². The number of aliphatic hydroxyl groups is 1. The van der Waals surface area contributed by atoms with Crippen LogP contribution < -0.4 is 0 Å². The van der Waals surface area contributed by atoms with Crippen LogP contribution in [0.15, 0.2) is 16.5 Å². The number of carboxylic acids is 1. The molecule has 2 N–H and O–H groups in total. The Morgan fingerprint density at radius 2 is 1.93 bits per heavy atom. The van der Waals surface area contributed by atoms with Crippen molar-refractivity contribution in [2.45, 2.75) is 26.9 Å². The number of rotatable bonds is 4. The molecule has 0 saturated heterocycles. The molecule has 1 rings (SSSR count). The van der Waals surface area contributed by atoms with E-state index >= 15 is 0 Å². The first kappa shape index (κ1) is 11.8. The van der Waals surface area contributed by atoms with Gasteiger partial charge in [0.1, 0.15) is 11.9 Å². The van der Waals surface area contributed by atoms with Gasteiger partial charge < -0.3 is 14.6 Å². The summed E-state index contributed by atoms with van der Waals surface area (Å²) in [4.78, 5) is 10.6. The highest BCUT2D eigenvalue weighted by molar-refractivity contribution is 5.84. The molecule has 0 aromatic carbocycles. The molecular formula is C11H16O4. The van der Waals surface area contributed by atoms with Gasteiger partial charge in [-0.05, 0) is 24.0 Å². The van der Waals surface area contributed by atoms with Crippen LogP contribution in [-0.4, -0.2) is 16.2 Å². The van der Waals surface area contributed by atoms with E-state index in [0.29, 0.717) is 11.7 Å². The molecule has 84 valence electrons. The molecule has 1 aromatic rings. The SMILES string of the molecule is CC(C)C(C)C(O)c1ccc(C(=O)O)o1. The maximum atomic E-state index is 10.6. The Bertz CT molecular complexity index is 340. The first-order chi connectivity index (χ1) is 6.93. The molecule has 0 aliphatic rings. The lowest BCUT2D eigenvalue weighted by Gasteiger charge is -2.20. The molecule has 1 heterocycles. The molecule has 0 aliphatic carbocycles. The summed E-state index contributed by atoms with van der Waals surface area (Å²) in [6.07, 6.45) is -0.752. The number of aliphatic hydroxyl groups excluding tert-OH is 1. The maximum absolute atomic E-state index is 10.6. The lowest BCUT2D eigenvalue weighted by atomic mass is 9.91. The molecule has 1 aromatic heterocycles. The Hall–Kier alpha value is -1.29. The van der Waals surface area contributed by atoms with Crippen molar-refractivity contribution in [3.8, 4) is 0 Å². The van der Waals surface area contributed by atoms with Gasteiger partial charge in [-0.1, -0.05) is 20.8 Å². The summed E-state index contributed by atoms with van der Waals surface area (Å²) in [5.74, 6) is -0.615. The molecule has 4 nitrogen and oxygen atoms in total.